The number of hydrogen-bond acceptors (Lipinski definition) is 7. The monoisotopic (exact) mass is 529 g/mol. The number of amides is 1. The Morgan fingerprint density at radius 3 is 2.44 bits per heavy atom. The second-order valence-corrected chi connectivity index (χ2v) is 9.09. The SMILES string of the molecule is CCCC[C@@H](NC(=O)OCc1ccccc1)C(=O)Oc1ccc2c(-c3ccc(OC)cc3)cc(=O)oc2c1C. The molecule has 1 amide bonds. The van der Waals surface area contributed by atoms with Crippen molar-refractivity contribution in [1.82, 2.24) is 5.32 Å². The van der Waals surface area contributed by atoms with Crippen molar-refractivity contribution in [2.75, 3.05) is 7.11 Å². The number of fused-ring (bicyclic) bond motifs is 1. The zero-order valence-electron chi connectivity index (χ0n) is 22.2. The second kappa shape index (κ2) is 12.8. The molecule has 4 rings (SSSR count). The lowest BCUT2D eigenvalue weighted by molar-refractivity contribution is -0.136. The average Bonchev–Trinajstić information content (AvgIpc) is 2.96. The van der Waals surface area contributed by atoms with E-state index in [1.54, 1.807) is 26.2 Å². The first-order valence-corrected chi connectivity index (χ1v) is 12.8. The van der Waals surface area contributed by atoms with E-state index in [0.29, 0.717) is 40.7 Å². The van der Waals surface area contributed by atoms with Gasteiger partial charge in [-0.2, -0.15) is 0 Å². The highest BCUT2D eigenvalue weighted by atomic mass is 16.6. The maximum absolute atomic E-state index is 13.1. The van der Waals surface area contributed by atoms with Gasteiger partial charge in [0.05, 0.1) is 7.11 Å². The van der Waals surface area contributed by atoms with Crippen molar-refractivity contribution < 1.29 is 28.2 Å². The summed E-state index contributed by atoms with van der Waals surface area (Å²) in [6, 6.07) is 20.5. The van der Waals surface area contributed by atoms with Crippen LogP contribution in [0.15, 0.2) is 82.0 Å². The van der Waals surface area contributed by atoms with Crippen LogP contribution in [0.25, 0.3) is 22.1 Å². The Labute approximate surface area is 226 Å². The molecule has 0 unspecified atom stereocenters. The van der Waals surface area contributed by atoms with Gasteiger partial charge in [0.2, 0.25) is 0 Å². The fourth-order valence-corrected chi connectivity index (χ4v) is 4.21. The molecule has 0 aliphatic rings. The van der Waals surface area contributed by atoms with Gasteiger partial charge in [-0.1, -0.05) is 62.2 Å². The van der Waals surface area contributed by atoms with Gasteiger partial charge in [-0.3, -0.25) is 0 Å². The molecular weight excluding hydrogens is 498 g/mol. The fourth-order valence-electron chi connectivity index (χ4n) is 4.21. The summed E-state index contributed by atoms with van der Waals surface area (Å²) in [6.07, 6.45) is 1.22. The molecular formula is C31H31NO7. The number of esters is 1. The van der Waals surface area contributed by atoms with E-state index in [2.05, 4.69) is 5.32 Å². The van der Waals surface area contributed by atoms with Crippen LogP contribution in [0.4, 0.5) is 4.79 Å². The maximum Gasteiger partial charge on any atom is 0.408 e. The first-order valence-electron chi connectivity index (χ1n) is 12.8. The summed E-state index contributed by atoms with van der Waals surface area (Å²) >= 11 is 0. The molecule has 1 aromatic heterocycles. The Morgan fingerprint density at radius 1 is 1.00 bits per heavy atom. The molecule has 3 aromatic carbocycles. The zero-order valence-corrected chi connectivity index (χ0v) is 22.2. The Bertz CT molecular complexity index is 1490. The fraction of sp³-hybridized carbons (Fsp3) is 0.258. The summed E-state index contributed by atoms with van der Waals surface area (Å²) in [5.74, 6) is 0.311. The predicted molar refractivity (Wildman–Crippen MR) is 148 cm³/mol. The molecule has 0 fully saturated rings. The van der Waals surface area contributed by atoms with Gasteiger partial charge in [-0.15, -0.1) is 0 Å². The molecule has 0 saturated carbocycles. The van der Waals surface area contributed by atoms with Gasteiger partial charge in [-0.25, -0.2) is 14.4 Å². The minimum atomic E-state index is -0.902. The maximum atomic E-state index is 13.1. The van der Waals surface area contributed by atoms with Gasteiger partial charge in [0.1, 0.15) is 29.7 Å². The summed E-state index contributed by atoms with van der Waals surface area (Å²) in [4.78, 5) is 38.0. The standard InChI is InChI=1S/C31H31NO7/c1-4-5-11-26(32-31(35)37-19-21-9-7-6-8-10-21)30(34)38-27-17-16-24-25(18-28(33)39-29(24)20(27)2)22-12-14-23(36-3)15-13-22/h6-10,12-18,26H,4-5,11,19H2,1-3H3,(H,32,35)/t26-/m1/s1. The molecule has 0 spiro atoms. The Hall–Kier alpha value is -4.59. The van der Waals surface area contributed by atoms with Gasteiger partial charge in [-0.05, 0) is 54.3 Å². The molecule has 0 radical (unpaired) electrons. The van der Waals surface area contributed by atoms with E-state index in [9.17, 15) is 14.4 Å². The van der Waals surface area contributed by atoms with Crippen LogP contribution in [-0.2, 0) is 16.1 Å². The van der Waals surface area contributed by atoms with E-state index >= 15 is 0 Å². The van der Waals surface area contributed by atoms with E-state index in [0.717, 1.165) is 17.5 Å². The number of ether oxygens (including phenoxy) is 3. The molecule has 0 saturated heterocycles. The first-order chi connectivity index (χ1) is 18.9. The third-order valence-corrected chi connectivity index (χ3v) is 6.36. The number of hydrogen-bond donors (Lipinski definition) is 1. The molecule has 39 heavy (non-hydrogen) atoms. The number of carbonyl (C=O) groups excluding carboxylic acids is 2. The Morgan fingerprint density at radius 2 is 1.74 bits per heavy atom. The third kappa shape index (κ3) is 6.84. The van der Waals surface area contributed by atoms with Crippen LogP contribution in [0.3, 0.4) is 0 Å². The molecule has 0 aliphatic carbocycles. The highest BCUT2D eigenvalue weighted by Crippen LogP contribution is 2.34. The lowest BCUT2D eigenvalue weighted by Gasteiger charge is -2.18. The summed E-state index contributed by atoms with van der Waals surface area (Å²) in [5.41, 5.74) is 2.63. The summed E-state index contributed by atoms with van der Waals surface area (Å²) in [6.45, 7) is 3.79. The van der Waals surface area contributed by atoms with Crippen molar-refractivity contribution in [1.29, 1.82) is 0 Å². The average molecular weight is 530 g/mol. The molecule has 8 heteroatoms. The predicted octanol–water partition coefficient (Wildman–Crippen LogP) is 6.17. The Balaban J connectivity index is 1.54. The molecule has 0 bridgehead atoms. The van der Waals surface area contributed by atoms with E-state index < -0.39 is 23.7 Å². The summed E-state index contributed by atoms with van der Waals surface area (Å²) in [5, 5.41) is 3.32. The Kier molecular flexibility index (Phi) is 8.99. The quantitative estimate of drug-likeness (QED) is 0.149. The van der Waals surface area contributed by atoms with Crippen molar-refractivity contribution in [3.05, 3.63) is 94.3 Å². The van der Waals surface area contributed by atoms with Gasteiger partial charge in [0.15, 0.2) is 0 Å². The summed E-state index contributed by atoms with van der Waals surface area (Å²) in [7, 11) is 1.59. The molecule has 1 heterocycles. The van der Waals surface area contributed by atoms with E-state index in [1.165, 1.54) is 6.07 Å². The van der Waals surface area contributed by atoms with E-state index in [-0.39, 0.29) is 12.4 Å². The number of benzene rings is 3. The lowest BCUT2D eigenvalue weighted by Crippen LogP contribution is -2.43. The lowest BCUT2D eigenvalue weighted by atomic mass is 10.00. The van der Waals surface area contributed by atoms with Crippen LogP contribution in [0, 0.1) is 6.92 Å². The normalized spacial score (nSPS) is 11.6. The smallest absolute Gasteiger partial charge is 0.408 e. The van der Waals surface area contributed by atoms with E-state index in [1.807, 2.05) is 61.5 Å². The molecule has 8 nitrogen and oxygen atoms in total. The van der Waals surface area contributed by atoms with Crippen LogP contribution < -0.4 is 20.4 Å². The van der Waals surface area contributed by atoms with Gasteiger partial charge < -0.3 is 23.9 Å². The zero-order chi connectivity index (χ0) is 27.8. The van der Waals surface area contributed by atoms with Crippen LogP contribution in [0.1, 0.15) is 37.3 Å². The van der Waals surface area contributed by atoms with Crippen LogP contribution in [0.2, 0.25) is 0 Å². The second-order valence-electron chi connectivity index (χ2n) is 9.09. The number of alkyl carbamates (subject to hydrolysis) is 1. The van der Waals surface area contributed by atoms with Gasteiger partial charge >= 0.3 is 17.7 Å². The van der Waals surface area contributed by atoms with Crippen molar-refractivity contribution in [3.63, 3.8) is 0 Å². The highest BCUT2D eigenvalue weighted by Gasteiger charge is 2.25. The largest absolute Gasteiger partial charge is 0.497 e. The number of carbonyl (C=O) groups is 2. The molecule has 4 aromatic rings. The third-order valence-electron chi connectivity index (χ3n) is 6.36. The number of unbranched alkanes of at least 4 members (excludes halogenated alkanes) is 1. The summed E-state index contributed by atoms with van der Waals surface area (Å²) < 4.78 is 21.7. The van der Waals surface area contributed by atoms with Crippen molar-refractivity contribution in [3.8, 4) is 22.6 Å². The molecule has 0 aliphatic heterocycles. The van der Waals surface area contributed by atoms with Crippen molar-refractivity contribution in [2.45, 2.75) is 45.8 Å². The number of rotatable bonds is 10. The molecule has 1 atom stereocenters. The minimum Gasteiger partial charge on any atom is -0.497 e. The number of methoxy groups -OCH3 is 1. The number of nitrogens with one attached hydrogen (secondary N) is 1. The van der Waals surface area contributed by atoms with Crippen molar-refractivity contribution >= 4 is 23.0 Å². The van der Waals surface area contributed by atoms with Gasteiger partial charge in [0.25, 0.3) is 0 Å². The van der Waals surface area contributed by atoms with Gasteiger partial charge in [0, 0.05) is 17.0 Å². The van der Waals surface area contributed by atoms with Crippen LogP contribution in [-0.4, -0.2) is 25.2 Å². The number of aryl methyl sites for hydroxylation is 1. The van der Waals surface area contributed by atoms with Crippen LogP contribution >= 0.6 is 0 Å². The van der Waals surface area contributed by atoms with Crippen LogP contribution in [0.5, 0.6) is 11.5 Å². The molecule has 1 N–H and O–H groups in total. The minimum absolute atomic E-state index is 0.0849. The van der Waals surface area contributed by atoms with Crippen molar-refractivity contribution in [2.24, 2.45) is 0 Å². The first kappa shape index (κ1) is 27.4. The van der Waals surface area contributed by atoms with E-state index in [4.69, 9.17) is 18.6 Å². The highest BCUT2D eigenvalue weighted by molar-refractivity contribution is 5.96. The topological polar surface area (TPSA) is 104 Å². The molecule has 202 valence electrons.